The van der Waals surface area contributed by atoms with E-state index in [2.05, 4.69) is 5.10 Å². The number of aromatic nitrogens is 2. The first kappa shape index (κ1) is 12.3. The van der Waals surface area contributed by atoms with Crippen LogP contribution in [0.25, 0.3) is 5.69 Å². The number of aryl methyl sites for hydroxylation is 1. The number of halogens is 1. The van der Waals surface area contributed by atoms with E-state index in [1.165, 1.54) is 6.07 Å². The summed E-state index contributed by atoms with van der Waals surface area (Å²) in [5.41, 5.74) is 1.48. The normalized spacial score (nSPS) is 10.1. The molecule has 90 valence electrons. The van der Waals surface area contributed by atoms with E-state index in [1.54, 1.807) is 29.8 Å². The van der Waals surface area contributed by atoms with Crippen LogP contribution < -0.4 is 5.43 Å². The van der Waals surface area contributed by atoms with Gasteiger partial charge in [-0.05, 0) is 25.1 Å². The number of nitrogens with zero attached hydrogens (tertiary/aromatic N) is 3. The molecule has 0 fully saturated rings. The molecule has 1 aromatic carbocycles. The lowest BCUT2D eigenvalue weighted by atomic mass is 10.2. The molecule has 0 saturated carbocycles. The van der Waals surface area contributed by atoms with Crippen LogP contribution in [0.3, 0.4) is 0 Å². The Morgan fingerprint density at radius 3 is 2.89 bits per heavy atom. The van der Waals surface area contributed by atoms with E-state index in [-0.39, 0.29) is 17.5 Å². The second kappa shape index (κ2) is 5.03. The average molecular weight is 260 g/mol. The lowest BCUT2D eigenvalue weighted by Crippen LogP contribution is -2.18. The average Bonchev–Trinajstić information content (AvgIpc) is 2.33. The molecule has 0 radical (unpaired) electrons. The van der Waals surface area contributed by atoms with Gasteiger partial charge in [0.15, 0.2) is 0 Å². The Morgan fingerprint density at radius 2 is 2.22 bits per heavy atom. The van der Waals surface area contributed by atoms with Gasteiger partial charge in [-0.1, -0.05) is 17.7 Å². The van der Waals surface area contributed by atoms with Crippen LogP contribution in [0.2, 0.25) is 5.02 Å². The molecule has 1 heterocycles. The van der Waals surface area contributed by atoms with Crippen molar-refractivity contribution in [2.24, 2.45) is 0 Å². The zero-order valence-corrected chi connectivity index (χ0v) is 10.5. The van der Waals surface area contributed by atoms with Crippen molar-refractivity contribution < 1.29 is 0 Å². The highest BCUT2D eigenvalue weighted by molar-refractivity contribution is 6.30. The molecule has 1 aromatic heterocycles. The molecular formula is C13H10ClN3O. The topological polar surface area (TPSA) is 58.7 Å². The fourth-order valence-corrected chi connectivity index (χ4v) is 1.83. The number of hydrogen-bond donors (Lipinski definition) is 0. The highest BCUT2D eigenvalue weighted by Gasteiger charge is 2.07. The van der Waals surface area contributed by atoms with Crippen LogP contribution in [0.4, 0.5) is 0 Å². The number of benzene rings is 1. The molecule has 18 heavy (non-hydrogen) atoms. The van der Waals surface area contributed by atoms with Crippen LogP contribution in [0, 0.1) is 18.3 Å². The maximum Gasteiger partial charge on any atom is 0.204 e. The molecule has 0 N–H and O–H groups in total. The van der Waals surface area contributed by atoms with Crippen molar-refractivity contribution in [3.8, 4) is 11.8 Å². The first-order chi connectivity index (χ1) is 8.61. The van der Waals surface area contributed by atoms with Gasteiger partial charge in [-0.2, -0.15) is 10.4 Å². The van der Waals surface area contributed by atoms with E-state index in [1.807, 2.05) is 12.1 Å². The highest BCUT2D eigenvalue weighted by atomic mass is 35.5. The second-order valence-corrected chi connectivity index (χ2v) is 4.26. The van der Waals surface area contributed by atoms with E-state index < -0.39 is 0 Å². The Hall–Kier alpha value is -2.12. The van der Waals surface area contributed by atoms with E-state index in [0.717, 1.165) is 5.69 Å². The summed E-state index contributed by atoms with van der Waals surface area (Å²) in [6.07, 6.45) is -0.000318. The molecule has 0 amide bonds. The smallest absolute Gasteiger partial charge is 0.204 e. The summed E-state index contributed by atoms with van der Waals surface area (Å²) in [5, 5.41) is 13.4. The summed E-state index contributed by atoms with van der Waals surface area (Å²) in [5.74, 6) is 0. The Morgan fingerprint density at radius 1 is 1.44 bits per heavy atom. The van der Waals surface area contributed by atoms with Gasteiger partial charge in [-0.15, -0.1) is 0 Å². The summed E-state index contributed by atoms with van der Waals surface area (Å²) in [4.78, 5) is 11.6. The highest BCUT2D eigenvalue weighted by Crippen LogP contribution is 2.15. The quantitative estimate of drug-likeness (QED) is 0.831. The third-order valence-corrected chi connectivity index (χ3v) is 2.71. The number of hydrogen-bond acceptors (Lipinski definition) is 3. The molecular weight excluding hydrogens is 250 g/mol. The Kier molecular flexibility index (Phi) is 3.45. The minimum Gasteiger partial charge on any atom is -0.288 e. The molecule has 0 aliphatic rings. The third-order valence-electron chi connectivity index (χ3n) is 2.48. The van der Waals surface area contributed by atoms with Crippen molar-refractivity contribution in [3.05, 3.63) is 57.0 Å². The van der Waals surface area contributed by atoms with Crippen LogP contribution in [-0.4, -0.2) is 9.78 Å². The van der Waals surface area contributed by atoms with Gasteiger partial charge in [0.1, 0.15) is 5.69 Å². The standard InChI is InChI=1S/C13H10ClN3O/c1-9-7-13(18)12(5-6-15)16-17(9)11-4-2-3-10(14)8-11/h2-4,7-8H,5H2,1H3. The van der Waals surface area contributed by atoms with Crippen molar-refractivity contribution >= 4 is 11.6 Å². The molecule has 2 rings (SSSR count). The fraction of sp³-hybridized carbons (Fsp3) is 0.154. The summed E-state index contributed by atoms with van der Waals surface area (Å²) in [6.45, 7) is 1.78. The maximum atomic E-state index is 11.6. The molecule has 2 aromatic rings. The zero-order valence-electron chi connectivity index (χ0n) is 9.72. The summed E-state index contributed by atoms with van der Waals surface area (Å²) in [7, 11) is 0. The van der Waals surface area contributed by atoms with Crippen molar-refractivity contribution in [1.82, 2.24) is 9.78 Å². The van der Waals surface area contributed by atoms with Crippen molar-refractivity contribution in [2.75, 3.05) is 0 Å². The molecule has 0 saturated heterocycles. The lowest BCUT2D eigenvalue weighted by Gasteiger charge is -2.10. The van der Waals surface area contributed by atoms with E-state index in [9.17, 15) is 4.79 Å². The SMILES string of the molecule is Cc1cc(=O)c(CC#N)nn1-c1cccc(Cl)c1. The fourth-order valence-electron chi connectivity index (χ4n) is 1.65. The van der Waals surface area contributed by atoms with Crippen LogP contribution in [-0.2, 0) is 6.42 Å². The first-order valence-corrected chi connectivity index (χ1v) is 5.72. The van der Waals surface area contributed by atoms with E-state index in [4.69, 9.17) is 16.9 Å². The van der Waals surface area contributed by atoms with Crippen LogP contribution in [0.5, 0.6) is 0 Å². The molecule has 0 aliphatic heterocycles. The van der Waals surface area contributed by atoms with E-state index >= 15 is 0 Å². The van der Waals surface area contributed by atoms with Crippen molar-refractivity contribution in [2.45, 2.75) is 13.3 Å². The summed E-state index contributed by atoms with van der Waals surface area (Å²) < 4.78 is 1.61. The Balaban J connectivity index is 2.61. The first-order valence-electron chi connectivity index (χ1n) is 5.34. The van der Waals surface area contributed by atoms with Crippen molar-refractivity contribution in [1.29, 1.82) is 5.26 Å². The van der Waals surface area contributed by atoms with Gasteiger partial charge < -0.3 is 0 Å². The molecule has 5 heteroatoms. The summed E-state index contributed by atoms with van der Waals surface area (Å²) >= 11 is 5.92. The van der Waals surface area contributed by atoms with Gasteiger partial charge in [-0.3, -0.25) is 4.79 Å². The summed E-state index contributed by atoms with van der Waals surface area (Å²) in [6, 6.07) is 10.6. The van der Waals surface area contributed by atoms with E-state index in [0.29, 0.717) is 10.7 Å². The van der Waals surface area contributed by atoms with Gasteiger partial charge in [0.2, 0.25) is 5.43 Å². The van der Waals surface area contributed by atoms with Gasteiger partial charge in [0.25, 0.3) is 0 Å². The predicted molar refractivity (Wildman–Crippen MR) is 68.9 cm³/mol. The minimum absolute atomic E-state index is 0.000318. The molecule has 0 spiro atoms. The van der Waals surface area contributed by atoms with Crippen LogP contribution in [0.1, 0.15) is 11.4 Å². The Bertz CT molecular complexity index is 685. The zero-order chi connectivity index (χ0) is 13.1. The maximum absolute atomic E-state index is 11.6. The van der Waals surface area contributed by atoms with Crippen molar-refractivity contribution in [3.63, 3.8) is 0 Å². The predicted octanol–water partition coefficient (Wildman–Crippen LogP) is 2.26. The largest absolute Gasteiger partial charge is 0.288 e. The van der Waals surface area contributed by atoms with Crippen LogP contribution in [0.15, 0.2) is 35.1 Å². The molecule has 0 unspecified atom stereocenters. The minimum atomic E-state index is -0.215. The Labute approximate surface area is 109 Å². The molecule has 0 atom stereocenters. The second-order valence-electron chi connectivity index (χ2n) is 3.82. The lowest BCUT2D eigenvalue weighted by molar-refractivity contribution is 0.767. The van der Waals surface area contributed by atoms with Gasteiger partial charge in [-0.25, -0.2) is 4.68 Å². The molecule has 0 bridgehead atoms. The third kappa shape index (κ3) is 2.41. The molecule has 0 aliphatic carbocycles. The van der Waals surface area contributed by atoms with Crippen LogP contribution >= 0.6 is 11.6 Å². The van der Waals surface area contributed by atoms with Gasteiger partial charge >= 0.3 is 0 Å². The van der Waals surface area contributed by atoms with Gasteiger partial charge in [0.05, 0.1) is 18.2 Å². The van der Waals surface area contributed by atoms with Gasteiger partial charge in [0, 0.05) is 16.8 Å². The molecule has 4 nitrogen and oxygen atoms in total. The number of nitriles is 1. The number of rotatable bonds is 2. The monoisotopic (exact) mass is 259 g/mol.